The molecule has 0 radical (unpaired) electrons. The van der Waals surface area contributed by atoms with Crippen LogP contribution in [0.2, 0.25) is 0 Å². The maximum atomic E-state index is 9.53. The van der Waals surface area contributed by atoms with Crippen molar-refractivity contribution < 1.29 is 9.84 Å². The predicted octanol–water partition coefficient (Wildman–Crippen LogP) is 2.72. The Morgan fingerprint density at radius 2 is 2.12 bits per heavy atom. The third-order valence-corrected chi connectivity index (χ3v) is 2.69. The molecule has 0 aliphatic carbocycles. The second kappa shape index (κ2) is 6.67. The molecule has 0 aromatic carbocycles. The van der Waals surface area contributed by atoms with Crippen LogP contribution in [0.5, 0.6) is 0 Å². The van der Waals surface area contributed by atoms with E-state index in [9.17, 15) is 5.11 Å². The fourth-order valence-corrected chi connectivity index (χ4v) is 1.81. The highest BCUT2D eigenvalue weighted by molar-refractivity contribution is 5.18. The highest BCUT2D eigenvalue weighted by atomic mass is 16.5. The number of rotatable bonds is 6. The zero-order chi connectivity index (χ0) is 12.8. The molecule has 2 atom stereocenters. The number of hydrogen-bond acceptors (Lipinski definition) is 4. The van der Waals surface area contributed by atoms with E-state index in [0.29, 0.717) is 6.61 Å². The van der Waals surface area contributed by atoms with Crippen molar-refractivity contribution in [1.82, 2.24) is 9.97 Å². The van der Waals surface area contributed by atoms with Gasteiger partial charge in [0.15, 0.2) is 5.82 Å². The van der Waals surface area contributed by atoms with Gasteiger partial charge in [-0.3, -0.25) is 0 Å². The van der Waals surface area contributed by atoms with Crippen LogP contribution in [0, 0.1) is 6.92 Å². The third kappa shape index (κ3) is 3.75. The molecule has 0 saturated carbocycles. The van der Waals surface area contributed by atoms with Crippen LogP contribution < -0.4 is 0 Å². The molecule has 0 spiro atoms. The summed E-state index contributed by atoms with van der Waals surface area (Å²) in [7, 11) is 0. The average molecular weight is 238 g/mol. The highest BCUT2D eigenvalue weighted by Gasteiger charge is 2.16. The van der Waals surface area contributed by atoms with Crippen molar-refractivity contribution in [2.45, 2.75) is 52.7 Å². The molecule has 1 unspecified atom stereocenters. The van der Waals surface area contributed by atoms with Gasteiger partial charge in [0.2, 0.25) is 0 Å². The van der Waals surface area contributed by atoms with E-state index in [-0.39, 0.29) is 6.10 Å². The van der Waals surface area contributed by atoms with E-state index in [1.54, 1.807) is 13.1 Å². The summed E-state index contributed by atoms with van der Waals surface area (Å²) in [6, 6.07) is 0. The van der Waals surface area contributed by atoms with Crippen LogP contribution in [0.4, 0.5) is 0 Å². The summed E-state index contributed by atoms with van der Waals surface area (Å²) in [5.41, 5.74) is 1.60. The number of hydrogen-bond donors (Lipinski definition) is 1. The third-order valence-electron chi connectivity index (χ3n) is 2.69. The van der Waals surface area contributed by atoms with Crippen LogP contribution in [0.25, 0.3) is 0 Å². The Morgan fingerprint density at radius 3 is 2.59 bits per heavy atom. The van der Waals surface area contributed by atoms with Crippen molar-refractivity contribution in [2.75, 3.05) is 6.61 Å². The number of aliphatic hydroxyl groups is 1. The Morgan fingerprint density at radius 1 is 1.41 bits per heavy atom. The molecule has 0 bridgehead atoms. The van der Waals surface area contributed by atoms with Crippen molar-refractivity contribution in [3.63, 3.8) is 0 Å². The van der Waals surface area contributed by atoms with E-state index in [4.69, 9.17) is 4.74 Å². The van der Waals surface area contributed by atoms with Crippen LogP contribution in [0.15, 0.2) is 6.20 Å². The molecule has 1 heterocycles. The molecule has 0 aliphatic heterocycles. The van der Waals surface area contributed by atoms with Crippen molar-refractivity contribution >= 4 is 0 Å². The summed E-state index contributed by atoms with van der Waals surface area (Å²) >= 11 is 0. The molecule has 0 aliphatic rings. The molecule has 1 rings (SSSR count). The normalized spacial score (nSPS) is 14.6. The van der Waals surface area contributed by atoms with Crippen molar-refractivity contribution in [2.24, 2.45) is 0 Å². The Bertz CT molecular complexity index is 347. The maximum Gasteiger partial charge on any atom is 0.157 e. The van der Waals surface area contributed by atoms with Gasteiger partial charge < -0.3 is 9.84 Å². The second-order valence-electron chi connectivity index (χ2n) is 4.18. The Balaban J connectivity index is 2.93. The van der Waals surface area contributed by atoms with Crippen LogP contribution >= 0.6 is 0 Å². The van der Waals surface area contributed by atoms with Gasteiger partial charge in [0.1, 0.15) is 6.10 Å². The first kappa shape index (κ1) is 14.1. The number of aliphatic hydroxyl groups excluding tert-OH is 1. The molecule has 17 heavy (non-hydrogen) atoms. The van der Waals surface area contributed by atoms with Crippen molar-refractivity contribution in [3.05, 3.63) is 23.3 Å². The lowest BCUT2D eigenvalue weighted by molar-refractivity contribution is 0.0491. The second-order valence-corrected chi connectivity index (χ2v) is 4.18. The lowest BCUT2D eigenvalue weighted by Gasteiger charge is -2.16. The minimum absolute atomic E-state index is 0.0354. The highest BCUT2D eigenvalue weighted by Crippen LogP contribution is 2.22. The van der Waals surface area contributed by atoms with Gasteiger partial charge in [-0.25, -0.2) is 9.97 Å². The van der Waals surface area contributed by atoms with Crippen LogP contribution in [-0.2, 0) is 4.74 Å². The van der Waals surface area contributed by atoms with Gasteiger partial charge in [-0.05, 0) is 27.2 Å². The zero-order valence-corrected chi connectivity index (χ0v) is 11.1. The molecule has 4 heteroatoms. The summed E-state index contributed by atoms with van der Waals surface area (Å²) in [4.78, 5) is 8.74. The van der Waals surface area contributed by atoms with Gasteiger partial charge in [-0.1, -0.05) is 13.3 Å². The molecule has 4 nitrogen and oxygen atoms in total. The molecule has 1 N–H and O–H groups in total. The lowest BCUT2D eigenvalue weighted by Crippen LogP contribution is -2.11. The molecular weight excluding hydrogens is 216 g/mol. The van der Waals surface area contributed by atoms with Gasteiger partial charge in [0, 0.05) is 24.1 Å². The minimum atomic E-state index is -0.527. The average Bonchev–Trinajstić information content (AvgIpc) is 2.28. The summed E-state index contributed by atoms with van der Waals surface area (Å²) in [5.74, 6) is 0.718. The zero-order valence-electron chi connectivity index (χ0n) is 11.1. The first-order valence-corrected chi connectivity index (χ1v) is 6.23. The summed E-state index contributed by atoms with van der Waals surface area (Å²) in [5, 5.41) is 9.53. The largest absolute Gasteiger partial charge is 0.389 e. The topological polar surface area (TPSA) is 55.2 Å². The first-order chi connectivity index (χ1) is 8.10. The van der Waals surface area contributed by atoms with Crippen LogP contribution in [0.1, 0.15) is 62.9 Å². The lowest BCUT2D eigenvalue weighted by atomic mass is 10.1. The molecule has 0 saturated heterocycles. The Kier molecular flexibility index (Phi) is 5.51. The van der Waals surface area contributed by atoms with E-state index < -0.39 is 6.10 Å². The fourth-order valence-electron chi connectivity index (χ4n) is 1.81. The first-order valence-electron chi connectivity index (χ1n) is 6.23. The molecule has 96 valence electrons. The van der Waals surface area contributed by atoms with Gasteiger partial charge in [0.25, 0.3) is 0 Å². The van der Waals surface area contributed by atoms with E-state index in [2.05, 4.69) is 16.9 Å². The Labute approximate surface area is 103 Å². The number of aryl methyl sites for hydroxylation is 1. The van der Waals surface area contributed by atoms with Crippen LogP contribution in [0.3, 0.4) is 0 Å². The van der Waals surface area contributed by atoms with Crippen molar-refractivity contribution in [3.8, 4) is 0 Å². The molecule has 1 aromatic rings. The fraction of sp³-hybridized carbons (Fsp3) is 0.692. The molecule has 1 aromatic heterocycles. The maximum absolute atomic E-state index is 9.53. The van der Waals surface area contributed by atoms with E-state index in [1.165, 1.54) is 0 Å². The molecule has 0 fully saturated rings. The number of aromatic nitrogens is 2. The SMILES string of the molecule is CCCC(OCC)c1ncc([C@H](C)O)c(C)n1. The monoisotopic (exact) mass is 238 g/mol. The quantitative estimate of drug-likeness (QED) is 0.828. The minimum Gasteiger partial charge on any atom is -0.389 e. The van der Waals surface area contributed by atoms with E-state index in [1.807, 2.05) is 13.8 Å². The van der Waals surface area contributed by atoms with Crippen LogP contribution in [-0.4, -0.2) is 21.7 Å². The van der Waals surface area contributed by atoms with E-state index in [0.717, 1.165) is 29.9 Å². The van der Waals surface area contributed by atoms with Gasteiger partial charge in [-0.15, -0.1) is 0 Å². The number of ether oxygens (including phenoxy) is 1. The summed E-state index contributed by atoms with van der Waals surface area (Å²) in [6.45, 7) is 8.35. The van der Waals surface area contributed by atoms with Gasteiger partial charge in [-0.2, -0.15) is 0 Å². The predicted molar refractivity (Wildman–Crippen MR) is 66.7 cm³/mol. The van der Waals surface area contributed by atoms with Gasteiger partial charge >= 0.3 is 0 Å². The smallest absolute Gasteiger partial charge is 0.157 e. The summed E-state index contributed by atoms with van der Waals surface area (Å²) in [6.07, 6.45) is 3.09. The number of nitrogens with zero attached hydrogens (tertiary/aromatic N) is 2. The van der Waals surface area contributed by atoms with E-state index >= 15 is 0 Å². The Hall–Kier alpha value is -1.00. The molecule has 0 amide bonds. The van der Waals surface area contributed by atoms with Crippen molar-refractivity contribution in [1.29, 1.82) is 0 Å². The summed E-state index contributed by atoms with van der Waals surface area (Å²) < 4.78 is 5.64. The molecular formula is C13H22N2O2. The standard InChI is InChI=1S/C13H22N2O2/c1-5-7-12(17-6-2)13-14-8-11(10(4)16)9(3)15-13/h8,10,12,16H,5-7H2,1-4H3/t10-,12?/m0/s1. The van der Waals surface area contributed by atoms with Gasteiger partial charge in [0.05, 0.1) is 6.10 Å².